The van der Waals surface area contributed by atoms with Gasteiger partial charge in [0, 0.05) is 0 Å². The summed E-state index contributed by atoms with van der Waals surface area (Å²) in [5.41, 5.74) is 4.55. The van der Waals surface area contributed by atoms with Gasteiger partial charge in [-0.3, -0.25) is 0 Å². The Labute approximate surface area is 80.7 Å². The lowest BCUT2D eigenvalue weighted by Crippen LogP contribution is -2.51. The first-order valence-electron chi connectivity index (χ1n) is 4.49. The van der Waals surface area contributed by atoms with E-state index in [9.17, 15) is 8.78 Å². The van der Waals surface area contributed by atoms with Crippen LogP contribution in [0, 0.1) is 0 Å². The Kier molecular flexibility index (Phi) is 1.96. The number of rotatable bonds is 1. The van der Waals surface area contributed by atoms with Crippen LogP contribution in [0.3, 0.4) is 0 Å². The third-order valence-electron chi connectivity index (χ3n) is 2.37. The van der Waals surface area contributed by atoms with E-state index in [1.165, 1.54) is 6.07 Å². The topological polar surface area (TPSA) is 36.9 Å². The summed E-state index contributed by atoms with van der Waals surface area (Å²) < 4.78 is 31.5. The molecule has 1 atom stereocenters. The minimum absolute atomic E-state index is 0.00880. The van der Waals surface area contributed by atoms with Crippen molar-refractivity contribution >= 4 is 0 Å². The van der Waals surface area contributed by atoms with Gasteiger partial charge < -0.3 is 10.5 Å². The highest BCUT2D eigenvalue weighted by molar-refractivity contribution is 5.47. The summed E-state index contributed by atoms with van der Waals surface area (Å²) in [7, 11) is 0. The zero-order valence-corrected chi connectivity index (χ0v) is 7.89. The number of hydrogen-bond acceptors (Lipinski definition) is 1. The summed E-state index contributed by atoms with van der Waals surface area (Å²) in [4.78, 5) is 0. The van der Waals surface area contributed by atoms with Gasteiger partial charge in [-0.2, -0.15) is 8.78 Å². The molecular formula is C10H12F2NO+. The normalized spacial score (nSPS) is 20.0. The highest BCUT2D eigenvalue weighted by atomic mass is 19.3. The van der Waals surface area contributed by atoms with Gasteiger partial charge in [-0.05, 0) is 19.1 Å². The molecule has 2 nitrogen and oxygen atoms in total. The van der Waals surface area contributed by atoms with E-state index in [1.54, 1.807) is 12.1 Å². The zero-order chi connectivity index (χ0) is 10.3. The van der Waals surface area contributed by atoms with Gasteiger partial charge in [-0.1, -0.05) is 6.07 Å². The number of quaternary nitrogens is 1. The van der Waals surface area contributed by atoms with Crippen LogP contribution in [-0.2, 0) is 5.92 Å². The molecule has 0 aliphatic carbocycles. The first-order chi connectivity index (χ1) is 6.52. The lowest BCUT2D eigenvalue weighted by Gasteiger charge is -2.08. The Morgan fingerprint density at radius 3 is 2.86 bits per heavy atom. The summed E-state index contributed by atoms with van der Waals surface area (Å²) in [6.07, 6.45) is 0. The maximum atomic E-state index is 13.2. The van der Waals surface area contributed by atoms with Crippen molar-refractivity contribution in [3.05, 3.63) is 29.3 Å². The molecule has 4 heteroatoms. The van der Waals surface area contributed by atoms with E-state index in [-0.39, 0.29) is 11.6 Å². The third kappa shape index (κ3) is 1.26. The Morgan fingerprint density at radius 1 is 1.50 bits per heavy atom. The quantitative estimate of drug-likeness (QED) is 0.732. The summed E-state index contributed by atoms with van der Waals surface area (Å²) in [6.45, 7) is 1.31. The van der Waals surface area contributed by atoms with Crippen molar-refractivity contribution in [1.29, 1.82) is 0 Å². The monoisotopic (exact) mass is 200 g/mol. The Balaban J connectivity index is 2.56. The Hall–Kier alpha value is -1.16. The predicted molar refractivity (Wildman–Crippen MR) is 47.1 cm³/mol. The Morgan fingerprint density at radius 2 is 2.21 bits per heavy atom. The van der Waals surface area contributed by atoms with Crippen LogP contribution >= 0.6 is 0 Å². The molecule has 0 fully saturated rings. The summed E-state index contributed by atoms with van der Waals surface area (Å²) in [6, 6.07) is 4.77. The molecule has 1 heterocycles. The molecular weight excluding hydrogens is 188 g/mol. The van der Waals surface area contributed by atoms with E-state index < -0.39 is 12.5 Å². The van der Waals surface area contributed by atoms with Crippen molar-refractivity contribution in [2.45, 2.75) is 18.9 Å². The third-order valence-corrected chi connectivity index (χ3v) is 2.37. The van der Waals surface area contributed by atoms with Crippen LogP contribution in [0.15, 0.2) is 18.2 Å². The standard InChI is InChI=1S/C10H11F2NO/c1-6(13)7-3-2-4-8-9(7)14-5-10(8,11)12/h2-4,6H,5,13H2,1H3/p+1. The number of benzene rings is 1. The molecule has 0 amide bonds. The van der Waals surface area contributed by atoms with E-state index in [1.807, 2.05) is 6.92 Å². The highest BCUT2D eigenvalue weighted by Gasteiger charge is 2.42. The van der Waals surface area contributed by atoms with Gasteiger partial charge in [-0.25, -0.2) is 0 Å². The van der Waals surface area contributed by atoms with Gasteiger partial charge in [0.05, 0.1) is 11.1 Å². The molecule has 1 aliphatic heterocycles. The molecule has 1 aromatic carbocycles. The molecule has 1 aromatic rings. The molecule has 0 saturated carbocycles. The van der Waals surface area contributed by atoms with Gasteiger partial charge in [0.15, 0.2) is 6.61 Å². The van der Waals surface area contributed by atoms with Crippen LogP contribution in [0.5, 0.6) is 5.75 Å². The molecule has 0 saturated heterocycles. The van der Waals surface area contributed by atoms with Crippen LogP contribution < -0.4 is 10.5 Å². The van der Waals surface area contributed by atoms with Crippen molar-refractivity contribution in [1.82, 2.24) is 0 Å². The van der Waals surface area contributed by atoms with Crippen molar-refractivity contribution in [3.63, 3.8) is 0 Å². The molecule has 0 bridgehead atoms. The second-order valence-electron chi connectivity index (χ2n) is 3.62. The van der Waals surface area contributed by atoms with E-state index >= 15 is 0 Å². The van der Waals surface area contributed by atoms with E-state index in [2.05, 4.69) is 5.73 Å². The van der Waals surface area contributed by atoms with Gasteiger partial charge in [0.1, 0.15) is 11.8 Å². The summed E-state index contributed by atoms with van der Waals surface area (Å²) in [5, 5.41) is 0. The molecule has 2 rings (SSSR count). The molecule has 76 valence electrons. The van der Waals surface area contributed by atoms with Crippen molar-refractivity contribution in [2.75, 3.05) is 6.61 Å². The van der Waals surface area contributed by atoms with Crippen molar-refractivity contribution in [3.8, 4) is 5.75 Å². The molecule has 0 radical (unpaired) electrons. The molecule has 3 N–H and O–H groups in total. The first-order valence-corrected chi connectivity index (χ1v) is 4.49. The van der Waals surface area contributed by atoms with Crippen LogP contribution in [0.4, 0.5) is 8.78 Å². The first kappa shape index (κ1) is 9.40. The number of hydrogen-bond donors (Lipinski definition) is 1. The largest absolute Gasteiger partial charge is 0.486 e. The number of para-hydroxylation sites is 1. The molecule has 14 heavy (non-hydrogen) atoms. The second-order valence-corrected chi connectivity index (χ2v) is 3.62. The van der Waals surface area contributed by atoms with Crippen LogP contribution in [0.25, 0.3) is 0 Å². The van der Waals surface area contributed by atoms with E-state index in [0.717, 1.165) is 5.56 Å². The average molecular weight is 200 g/mol. The van der Waals surface area contributed by atoms with Crippen LogP contribution in [0.1, 0.15) is 24.1 Å². The Bertz CT molecular complexity index is 363. The van der Waals surface area contributed by atoms with Crippen molar-refractivity contribution < 1.29 is 19.3 Å². The summed E-state index contributed by atoms with van der Waals surface area (Å²) in [5.74, 6) is -2.53. The van der Waals surface area contributed by atoms with Gasteiger partial charge in [-0.15, -0.1) is 0 Å². The number of ether oxygens (including phenoxy) is 1. The maximum Gasteiger partial charge on any atom is 0.310 e. The lowest BCUT2D eigenvalue weighted by molar-refractivity contribution is -0.420. The second kappa shape index (κ2) is 2.92. The van der Waals surface area contributed by atoms with Crippen LogP contribution in [0.2, 0.25) is 0 Å². The molecule has 1 aliphatic rings. The number of alkyl halides is 2. The minimum atomic E-state index is -2.85. The molecule has 0 spiro atoms. The lowest BCUT2D eigenvalue weighted by atomic mass is 10.0. The van der Waals surface area contributed by atoms with E-state index in [0.29, 0.717) is 5.75 Å². The maximum absolute atomic E-state index is 13.2. The minimum Gasteiger partial charge on any atom is -0.486 e. The fraction of sp³-hybridized carbons (Fsp3) is 0.400. The smallest absolute Gasteiger partial charge is 0.310 e. The molecule has 0 aromatic heterocycles. The predicted octanol–water partition coefficient (Wildman–Crippen LogP) is 1.47. The summed E-state index contributed by atoms with van der Waals surface area (Å²) >= 11 is 0. The van der Waals surface area contributed by atoms with E-state index in [4.69, 9.17) is 4.74 Å². The van der Waals surface area contributed by atoms with Gasteiger partial charge >= 0.3 is 5.92 Å². The molecule has 1 unspecified atom stereocenters. The number of halogens is 2. The van der Waals surface area contributed by atoms with Crippen molar-refractivity contribution in [2.24, 2.45) is 0 Å². The SMILES string of the molecule is CC([NH3+])c1cccc2c1OCC2(F)F. The van der Waals surface area contributed by atoms with Crippen LogP contribution in [-0.4, -0.2) is 6.61 Å². The number of fused-ring (bicyclic) bond motifs is 1. The highest BCUT2D eigenvalue weighted by Crippen LogP contribution is 2.43. The van der Waals surface area contributed by atoms with Gasteiger partial charge in [0.25, 0.3) is 0 Å². The fourth-order valence-electron chi connectivity index (χ4n) is 1.63. The van der Waals surface area contributed by atoms with Gasteiger partial charge in [0.2, 0.25) is 0 Å². The average Bonchev–Trinajstić information content (AvgIpc) is 2.42. The zero-order valence-electron chi connectivity index (χ0n) is 7.89. The fourth-order valence-corrected chi connectivity index (χ4v) is 1.63.